The predicted molar refractivity (Wildman–Crippen MR) is 104 cm³/mol. The minimum absolute atomic E-state index is 0.965. The first-order valence-corrected chi connectivity index (χ1v) is 9.71. The molecule has 0 unspecified atom stereocenters. The van der Waals surface area contributed by atoms with Crippen molar-refractivity contribution < 1.29 is 4.79 Å². The SMILES string of the molecule is C=CCCCCCCCCC=C(C=O)CCCCCCCC=C. The highest BCUT2D eigenvalue weighted by Crippen LogP contribution is 2.13. The van der Waals surface area contributed by atoms with E-state index in [-0.39, 0.29) is 0 Å². The van der Waals surface area contributed by atoms with Crippen molar-refractivity contribution in [3.63, 3.8) is 0 Å². The first kappa shape index (κ1) is 21.9. The molecule has 0 aliphatic rings. The minimum atomic E-state index is 0.965. The van der Waals surface area contributed by atoms with Crippen molar-refractivity contribution in [1.29, 1.82) is 0 Å². The molecule has 0 fully saturated rings. The van der Waals surface area contributed by atoms with Crippen LogP contribution in [0.5, 0.6) is 0 Å². The van der Waals surface area contributed by atoms with E-state index in [1.165, 1.54) is 64.2 Å². The summed E-state index contributed by atoms with van der Waals surface area (Å²) in [6.07, 6.45) is 25.6. The quantitative estimate of drug-likeness (QED) is 0.112. The molecule has 0 amide bonds. The minimum Gasteiger partial charge on any atom is -0.298 e. The maximum absolute atomic E-state index is 11.1. The summed E-state index contributed by atoms with van der Waals surface area (Å²) in [5.74, 6) is 0. The fraction of sp³-hybridized carbons (Fsp3) is 0.682. The summed E-state index contributed by atoms with van der Waals surface area (Å²) >= 11 is 0. The normalized spacial score (nSPS) is 11.4. The Morgan fingerprint density at radius 1 is 0.609 bits per heavy atom. The van der Waals surface area contributed by atoms with Gasteiger partial charge < -0.3 is 0 Å². The number of carbonyl (C=O) groups excluding carboxylic acids is 1. The van der Waals surface area contributed by atoms with Crippen LogP contribution < -0.4 is 0 Å². The van der Waals surface area contributed by atoms with E-state index in [4.69, 9.17) is 0 Å². The van der Waals surface area contributed by atoms with Crippen LogP contribution in [0.2, 0.25) is 0 Å². The number of hydrogen-bond donors (Lipinski definition) is 0. The molecule has 0 saturated carbocycles. The van der Waals surface area contributed by atoms with E-state index in [0.29, 0.717) is 0 Å². The van der Waals surface area contributed by atoms with Crippen LogP contribution in [0.3, 0.4) is 0 Å². The highest BCUT2D eigenvalue weighted by molar-refractivity contribution is 5.72. The second-order valence-corrected chi connectivity index (χ2v) is 6.48. The van der Waals surface area contributed by atoms with Crippen LogP contribution in [-0.4, -0.2) is 6.29 Å². The molecule has 0 aromatic carbocycles. The van der Waals surface area contributed by atoms with Crippen molar-refractivity contribution in [2.24, 2.45) is 0 Å². The fourth-order valence-electron chi connectivity index (χ4n) is 2.78. The van der Waals surface area contributed by atoms with Gasteiger partial charge in [-0.3, -0.25) is 4.79 Å². The smallest absolute Gasteiger partial charge is 0.145 e. The number of allylic oxidation sites excluding steroid dienone is 4. The summed E-state index contributed by atoms with van der Waals surface area (Å²) in [5.41, 5.74) is 1.02. The fourth-order valence-corrected chi connectivity index (χ4v) is 2.78. The number of hydrogen-bond acceptors (Lipinski definition) is 1. The van der Waals surface area contributed by atoms with Gasteiger partial charge in [0.2, 0.25) is 0 Å². The summed E-state index contributed by atoms with van der Waals surface area (Å²) in [5, 5.41) is 0. The van der Waals surface area contributed by atoms with E-state index < -0.39 is 0 Å². The van der Waals surface area contributed by atoms with Crippen molar-refractivity contribution in [2.75, 3.05) is 0 Å². The Kier molecular flexibility index (Phi) is 18.0. The van der Waals surface area contributed by atoms with Crippen LogP contribution in [0.1, 0.15) is 96.3 Å². The van der Waals surface area contributed by atoms with Crippen molar-refractivity contribution in [3.8, 4) is 0 Å². The van der Waals surface area contributed by atoms with Gasteiger partial charge in [0, 0.05) is 0 Å². The molecule has 23 heavy (non-hydrogen) atoms. The van der Waals surface area contributed by atoms with E-state index in [9.17, 15) is 4.79 Å². The van der Waals surface area contributed by atoms with E-state index in [1.807, 2.05) is 12.2 Å². The Morgan fingerprint density at radius 3 is 1.52 bits per heavy atom. The molecule has 0 heterocycles. The van der Waals surface area contributed by atoms with Gasteiger partial charge in [0.15, 0.2) is 0 Å². The first-order valence-electron chi connectivity index (χ1n) is 9.71. The molecule has 0 aromatic heterocycles. The Labute approximate surface area is 144 Å². The van der Waals surface area contributed by atoms with Crippen LogP contribution in [0.4, 0.5) is 0 Å². The van der Waals surface area contributed by atoms with Gasteiger partial charge in [-0.15, -0.1) is 13.2 Å². The molecule has 0 bridgehead atoms. The van der Waals surface area contributed by atoms with Crippen molar-refractivity contribution in [1.82, 2.24) is 0 Å². The lowest BCUT2D eigenvalue weighted by Gasteiger charge is -2.02. The van der Waals surface area contributed by atoms with Crippen LogP contribution in [-0.2, 0) is 4.79 Å². The summed E-state index contributed by atoms with van der Waals surface area (Å²) < 4.78 is 0. The molecule has 0 atom stereocenters. The van der Waals surface area contributed by atoms with Gasteiger partial charge in [-0.05, 0) is 56.9 Å². The van der Waals surface area contributed by atoms with Crippen LogP contribution in [0.25, 0.3) is 0 Å². The number of aldehydes is 1. The van der Waals surface area contributed by atoms with Crippen molar-refractivity contribution in [2.45, 2.75) is 96.3 Å². The lowest BCUT2D eigenvalue weighted by molar-refractivity contribution is -0.105. The summed E-state index contributed by atoms with van der Waals surface area (Å²) in [6.45, 7) is 7.49. The molecule has 0 saturated heterocycles. The largest absolute Gasteiger partial charge is 0.298 e. The molecule has 0 N–H and O–H groups in total. The molecular weight excluding hydrogens is 280 g/mol. The monoisotopic (exact) mass is 318 g/mol. The van der Waals surface area contributed by atoms with Crippen LogP contribution in [0, 0.1) is 0 Å². The molecule has 0 aliphatic heterocycles. The maximum atomic E-state index is 11.1. The maximum Gasteiger partial charge on any atom is 0.145 e. The summed E-state index contributed by atoms with van der Waals surface area (Å²) in [4.78, 5) is 11.1. The Balaban J connectivity index is 3.47. The lowest BCUT2D eigenvalue weighted by Crippen LogP contribution is -1.88. The second kappa shape index (κ2) is 18.9. The molecule has 0 spiro atoms. The Hall–Kier alpha value is -1.11. The van der Waals surface area contributed by atoms with Crippen LogP contribution >= 0.6 is 0 Å². The van der Waals surface area contributed by atoms with Crippen molar-refractivity contribution >= 4 is 6.29 Å². The predicted octanol–water partition coefficient (Wildman–Crippen LogP) is 7.34. The van der Waals surface area contributed by atoms with Gasteiger partial charge >= 0.3 is 0 Å². The topological polar surface area (TPSA) is 17.1 Å². The van der Waals surface area contributed by atoms with E-state index in [0.717, 1.165) is 44.0 Å². The molecule has 0 radical (unpaired) electrons. The number of unbranched alkanes of at least 4 members (excludes halogenated alkanes) is 12. The van der Waals surface area contributed by atoms with E-state index >= 15 is 0 Å². The average Bonchev–Trinajstić information content (AvgIpc) is 2.57. The zero-order valence-electron chi connectivity index (χ0n) is 15.2. The molecule has 0 aliphatic carbocycles. The molecule has 132 valence electrons. The highest BCUT2D eigenvalue weighted by Gasteiger charge is 1.97. The van der Waals surface area contributed by atoms with E-state index in [2.05, 4.69) is 19.2 Å². The number of carbonyl (C=O) groups is 1. The second-order valence-electron chi connectivity index (χ2n) is 6.48. The standard InChI is InChI=1S/C22H38O/c1-3-5-7-9-11-12-14-16-18-20-22(21-23)19-17-15-13-10-8-6-4-2/h3-4,20-21H,1-2,5-19H2. The zero-order valence-corrected chi connectivity index (χ0v) is 15.2. The first-order chi connectivity index (χ1) is 11.3. The molecule has 1 nitrogen and oxygen atoms in total. The average molecular weight is 319 g/mol. The van der Waals surface area contributed by atoms with Crippen molar-refractivity contribution in [3.05, 3.63) is 37.0 Å². The molecular formula is C22H38O. The Bertz CT molecular complexity index is 314. The Morgan fingerprint density at radius 2 is 1.04 bits per heavy atom. The highest BCUT2D eigenvalue weighted by atomic mass is 16.1. The number of rotatable bonds is 18. The molecule has 0 rings (SSSR count). The van der Waals surface area contributed by atoms with Gasteiger partial charge in [0.25, 0.3) is 0 Å². The third-order valence-electron chi connectivity index (χ3n) is 4.29. The zero-order chi connectivity index (χ0) is 17.0. The van der Waals surface area contributed by atoms with Crippen LogP contribution in [0.15, 0.2) is 37.0 Å². The summed E-state index contributed by atoms with van der Waals surface area (Å²) in [6, 6.07) is 0. The van der Waals surface area contributed by atoms with Gasteiger partial charge in [0.1, 0.15) is 6.29 Å². The summed E-state index contributed by atoms with van der Waals surface area (Å²) in [7, 11) is 0. The lowest BCUT2D eigenvalue weighted by atomic mass is 10.0. The van der Waals surface area contributed by atoms with Gasteiger partial charge in [-0.1, -0.05) is 63.2 Å². The molecule has 0 aromatic rings. The van der Waals surface area contributed by atoms with E-state index in [1.54, 1.807) is 0 Å². The third kappa shape index (κ3) is 17.1. The van der Waals surface area contributed by atoms with Gasteiger partial charge in [-0.25, -0.2) is 0 Å². The third-order valence-corrected chi connectivity index (χ3v) is 4.29. The van der Waals surface area contributed by atoms with Gasteiger partial charge in [-0.2, -0.15) is 0 Å². The van der Waals surface area contributed by atoms with Gasteiger partial charge in [0.05, 0.1) is 0 Å². The molecule has 1 heteroatoms.